The second kappa shape index (κ2) is 9.07. The maximum atomic E-state index is 13.2. The maximum Gasteiger partial charge on any atom is 0.263 e. The van der Waals surface area contributed by atoms with Crippen molar-refractivity contribution in [3.63, 3.8) is 0 Å². The number of thioether (sulfide) groups is 1. The molecule has 0 spiro atoms. The van der Waals surface area contributed by atoms with Gasteiger partial charge >= 0.3 is 0 Å². The topological polar surface area (TPSA) is 81.1 Å². The van der Waals surface area contributed by atoms with Crippen LogP contribution in [0.4, 0.5) is 0 Å². The Balaban J connectivity index is 1.81. The summed E-state index contributed by atoms with van der Waals surface area (Å²) in [5, 5.41) is 1.61. The van der Waals surface area contributed by atoms with Crippen LogP contribution in [0.25, 0.3) is 10.2 Å². The van der Waals surface area contributed by atoms with E-state index in [-0.39, 0.29) is 5.56 Å². The average Bonchev–Trinajstić information content (AvgIpc) is 3.16. The van der Waals surface area contributed by atoms with Crippen LogP contribution in [-0.2, 0) is 29.4 Å². The molecule has 0 aromatic carbocycles. The molecule has 150 valence electrons. The molecule has 0 saturated carbocycles. The van der Waals surface area contributed by atoms with Crippen LogP contribution in [0.15, 0.2) is 9.95 Å². The lowest BCUT2D eigenvalue weighted by molar-refractivity contribution is 0.542. The van der Waals surface area contributed by atoms with E-state index < -0.39 is 10.0 Å². The van der Waals surface area contributed by atoms with Crippen LogP contribution in [-0.4, -0.2) is 36.5 Å². The van der Waals surface area contributed by atoms with Gasteiger partial charge in [0.15, 0.2) is 5.16 Å². The largest absolute Gasteiger partial charge is 0.287 e. The van der Waals surface area contributed by atoms with E-state index in [1.54, 1.807) is 23.1 Å². The van der Waals surface area contributed by atoms with Crippen LogP contribution in [0, 0.1) is 0 Å². The number of thiophene rings is 1. The van der Waals surface area contributed by atoms with Gasteiger partial charge < -0.3 is 0 Å². The predicted molar refractivity (Wildman–Crippen MR) is 114 cm³/mol. The van der Waals surface area contributed by atoms with Crippen LogP contribution in [0.5, 0.6) is 0 Å². The summed E-state index contributed by atoms with van der Waals surface area (Å²) in [6.07, 6.45) is 8.22. The average molecular weight is 430 g/mol. The van der Waals surface area contributed by atoms with Gasteiger partial charge in [0.2, 0.25) is 10.0 Å². The number of aromatic nitrogens is 2. The molecular formula is C18H27N3O3S3. The maximum absolute atomic E-state index is 13.2. The van der Waals surface area contributed by atoms with E-state index >= 15 is 0 Å². The fraction of sp³-hybridized carbons (Fsp3) is 0.667. The fourth-order valence-corrected chi connectivity index (χ4v) is 6.16. The predicted octanol–water partition coefficient (Wildman–Crippen LogP) is 3.17. The molecule has 27 heavy (non-hydrogen) atoms. The molecule has 0 bridgehead atoms. The summed E-state index contributed by atoms with van der Waals surface area (Å²) in [4.78, 5) is 20.2. The highest BCUT2D eigenvalue weighted by atomic mass is 32.2. The molecule has 1 aliphatic rings. The molecule has 1 N–H and O–H groups in total. The van der Waals surface area contributed by atoms with Crippen molar-refractivity contribution in [2.75, 3.05) is 18.6 Å². The first-order chi connectivity index (χ1) is 12.9. The number of rotatable bonds is 10. The second-order valence-electron chi connectivity index (χ2n) is 6.96. The first kappa shape index (κ1) is 20.8. The molecule has 0 unspecified atom stereocenters. The zero-order valence-electron chi connectivity index (χ0n) is 15.9. The first-order valence-corrected chi connectivity index (χ1v) is 13.2. The molecule has 3 rings (SSSR count). The Morgan fingerprint density at radius 3 is 2.81 bits per heavy atom. The highest BCUT2D eigenvalue weighted by Crippen LogP contribution is 2.35. The Morgan fingerprint density at radius 2 is 2.07 bits per heavy atom. The summed E-state index contributed by atoms with van der Waals surface area (Å²) in [7, 11) is -3.15. The molecule has 0 amide bonds. The van der Waals surface area contributed by atoms with Gasteiger partial charge in [0.25, 0.3) is 5.56 Å². The highest BCUT2D eigenvalue weighted by Gasteiger charge is 2.23. The summed E-state index contributed by atoms with van der Waals surface area (Å²) in [6, 6.07) is 0. The van der Waals surface area contributed by atoms with Crippen LogP contribution in [0.3, 0.4) is 0 Å². The van der Waals surface area contributed by atoms with E-state index in [1.807, 2.05) is 4.57 Å². The van der Waals surface area contributed by atoms with Gasteiger partial charge in [-0.3, -0.25) is 9.36 Å². The minimum atomic E-state index is -3.15. The monoisotopic (exact) mass is 429 g/mol. The Morgan fingerprint density at radius 1 is 1.26 bits per heavy atom. The van der Waals surface area contributed by atoms with E-state index in [0.29, 0.717) is 19.5 Å². The lowest BCUT2D eigenvalue weighted by Crippen LogP contribution is -2.24. The number of fused-ring (bicyclic) bond motifs is 3. The van der Waals surface area contributed by atoms with Crippen molar-refractivity contribution < 1.29 is 8.42 Å². The molecule has 0 aliphatic heterocycles. The number of unbranched alkanes of at least 4 members (excludes halogenated alkanes) is 2. The lowest BCUT2D eigenvalue weighted by atomic mass is 10.2. The van der Waals surface area contributed by atoms with Crippen LogP contribution in [0.2, 0.25) is 0 Å². The Hall–Kier alpha value is -0.900. The third-order valence-electron chi connectivity index (χ3n) is 4.69. The summed E-state index contributed by atoms with van der Waals surface area (Å²) in [6.45, 7) is 3.26. The van der Waals surface area contributed by atoms with Crippen molar-refractivity contribution >= 4 is 43.3 Å². The van der Waals surface area contributed by atoms with Crippen molar-refractivity contribution in [3.8, 4) is 0 Å². The van der Waals surface area contributed by atoms with E-state index in [0.717, 1.165) is 65.9 Å². The van der Waals surface area contributed by atoms with Gasteiger partial charge in [-0.1, -0.05) is 31.5 Å². The highest BCUT2D eigenvalue weighted by molar-refractivity contribution is 7.99. The summed E-state index contributed by atoms with van der Waals surface area (Å²) in [5.41, 5.74) is 1.33. The number of hydrogen-bond acceptors (Lipinski definition) is 6. The Kier molecular flexibility index (Phi) is 6.99. The summed E-state index contributed by atoms with van der Waals surface area (Å²) < 4.78 is 26.6. The van der Waals surface area contributed by atoms with Gasteiger partial charge in [-0.05, 0) is 37.7 Å². The molecule has 2 aromatic heterocycles. The zero-order chi connectivity index (χ0) is 19.4. The van der Waals surface area contributed by atoms with Crippen molar-refractivity contribution in [2.45, 2.75) is 63.6 Å². The number of sulfonamides is 1. The third-order valence-corrected chi connectivity index (χ3v) is 7.67. The zero-order valence-corrected chi connectivity index (χ0v) is 18.4. The van der Waals surface area contributed by atoms with Gasteiger partial charge in [0.05, 0.1) is 11.6 Å². The lowest BCUT2D eigenvalue weighted by Gasteiger charge is -2.12. The molecular weight excluding hydrogens is 402 g/mol. The van der Waals surface area contributed by atoms with Gasteiger partial charge in [-0.2, -0.15) is 0 Å². The first-order valence-electron chi connectivity index (χ1n) is 9.53. The van der Waals surface area contributed by atoms with Gasteiger partial charge in [0, 0.05) is 23.7 Å². The number of aryl methyl sites for hydroxylation is 2. The molecule has 6 nitrogen and oxygen atoms in total. The molecule has 0 radical (unpaired) electrons. The van der Waals surface area contributed by atoms with E-state index in [4.69, 9.17) is 4.98 Å². The molecule has 9 heteroatoms. The van der Waals surface area contributed by atoms with Gasteiger partial charge in [0.1, 0.15) is 4.83 Å². The molecule has 1 aliphatic carbocycles. The van der Waals surface area contributed by atoms with Crippen LogP contribution in [0.1, 0.15) is 49.5 Å². The Bertz CT molecular complexity index is 964. The third kappa shape index (κ3) is 5.13. The molecule has 0 fully saturated rings. The van der Waals surface area contributed by atoms with Crippen molar-refractivity contribution in [2.24, 2.45) is 0 Å². The molecule has 0 saturated heterocycles. The number of nitrogens with one attached hydrogen (secondary N) is 1. The standard InChI is InChI=1S/C18H27N3O3S3/c1-3-4-5-11-21-17(22)15-13-8-6-9-14(13)26-16(15)20-18(21)25-12-7-10-19-27(2,23)24/h19H,3-12H2,1-2H3. The fourth-order valence-electron chi connectivity index (χ4n) is 3.38. The van der Waals surface area contributed by atoms with Crippen LogP contribution < -0.4 is 10.3 Å². The molecule has 2 heterocycles. The molecule has 2 aromatic rings. The summed E-state index contributed by atoms with van der Waals surface area (Å²) >= 11 is 3.22. The number of hydrogen-bond donors (Lipinski definition) is 1. The minimum absolute atomic E-state index is 0.104. The summed E-state index contributed by atoms with van der Waals surface area (Å²) in [5.74, 6) is 0.722. The minimum Gasteiger partial charge on any atom is -0.287 e. The number of nitrogens with zero attached hydrogens (tertiary/aromatic N) is 2. The van der Waals surface area contributed by atoms with Crippen molar-refractivity contribution in [1.29, 1.82) is 0 Å². The van der Waals surface area contributed by atoms with E-state index in [1.165, 1.54) is 10.4 Å². The van der Waals surface area contributed by atoms with E-state index in [2.05, 4.69) is 11.6 Å². The van der Waals surface area contributed by atoms with Gasteiger partial charge in [-0.25, -0.2) is 18.1 Å². The van der Waals surface area contributed by atoms with Crippen molar-refractivity contribution in [3.05, 3.63) is 20.8 Å². The SMILES string of the molecule is CCCCCn1c(SCCCNS(C)(=O)=O)nc2sc3c(c2c1=O)CCC3. The van der Waals surface area contributed by atoms with Gasteiger partial charge in [-0.15, -0.1) is 11.3 Å². The normalized spacial score (nSPS) is 14.1. The smallest absolute Gasteiger partial charge is 0.263 e. The van der Waals surface area contributed by atoms with E-state index in [9.17, 15) is 13.2 Å². The Labute approximate surface area is 168 Å². The molecule has 0 atom stereocenters. The van der Waals surface area contributed by atoms with Crippen LogP contribution >= 0.6 is 23.1 Å². The second-order valence-corrected chi connectivity index (χ2v) is 10.9. The van der Waals surface area contributed by atoms with Crippen molar-refractivity contribution in [1.82, 2.24) is 14.3 Å². The quantitative estimate of drug-likeness (QED) is 0.356.